The van der Waals surface area contributed by atoms with Crippen LogP contribution in [0.25, 0.3) is 6.08 Å². The van der Waals surface area contributed by atoms with Gasteiger partial charge in [0.05, 0.1) is 5.56 Å². The molecule has 0 fully saturated rings. The summed E-state index contributed by atoms with van der Waals surface area (Å²) in [5.74, 6) is -3.13. The van der Waals surface area contributed by atoms with Gasteiger partial charge in [-0.2, -0.15) is 13.2 Å². The Balaban J connectivity index is 2.27. The van der Waals surface area contributed by atoms with Gasteiger partial charge in [-0.25, -0.2) is 9.18 Å². The number of benzene rings is 1. The summed E-state index contributed by atoms with van der Waals surface area (Å²) in [5.41, 5.74) is -7.35. The van der Waals surface area contributed by atoms with E-state index in [2.05, 4.69) is 4.98 Å². The molecule has 9 heteroatoms. The predicted octanol–water partition coefficient (Wildman–Crippen LogP) is 4.39. The van der Waals surface area contributed by atoms with Crippen molar-refractivity contribution in [2.75, 3.05) is 0 Å². The fourth-order valence-electron chi connectivity index (χ4n) is 2.99. The van der Waals surface area contributed by atoms with Gasteiger partial charge in [0.15, 0.2) is 5.78 Å². The van der Waals surface area contributed by atoms with Crippen molar-refractivity contribution in [3.8, 4) is 0 Å². The summed E-state index contributed by atoms with van der Waals surface area (Å²) in [4.78, 5) is 25.5. The van der Waals surface area contributed by atoms with Crippen LogP contribution in [0.1, 0.15) is 32.9 Å². The number of carbonyl (C=O) groups excluding carboxylic acids is 1. The quantitative estimate of drug-likeness (QED) is 0.767. The van der Waals surface area contributed by atoms with Crippen molar-refractivity contribution in [2.45, 2.75) is 18.3 Å². The van der Waals surface area contributed by atoms with Crippen LogP contribution in [0.4, 0.5) is 17.6 Å². The SMILES string of the molecule is O=C(O)c1[nH]c2c(c1C(F)(F)F)C(F)(Cc1ccccc1Cl)C(=O)C=C2. The third-order valence-electron chi connectivity index (χ3n) is 4.11. The second kappa shape index (κ2) is 5.98. The number of nitrogens with one attached hydrogen (secondary N) is 1. The molecule has 1 aliphatic carbocycles. The maximum atomic E-state index is 15.7. The van der Waals surface area contributed by atoms with Gasteiger partial charge < -0.3 is 10.1 Å². The number of hydrogen-bond acceptors (Lipinski definition) is 2. The van der Waals surface area contributed by atoms with Crippen LogP contribution >= 0.6 is 11.6 Å². The van der Waals surface area contributed by atoms with E-state index in [9.17, 15) is 22.8 Å². The second-order valence-electron chi connectivity index (χ2n) is 5.73. The van der Waals surface area contributed by atoms with Crippen LogP contribution in [0.15, 0.2) is 30.3 Å². The summed E-state index contributed by atoms with van der Waals surface area (Å²) < 4.78 is 56.2. The predicted molar refractivity (Wildman–Crippen MR) is 84.7 cm³/mol. The lowest BCUT2D eigenvalue weighted by molar-refractivity contribution is -0.141. The number of rotatable bonds is 3. The number of aromatic nitrogens is 1. The first-order chi connectivity index (χ1) is 12.1. The molecule has 0 aliphatic heterocycles. The van der Waals surface area contributed by atoms with Crippen molar-refractivity contribution >= 4 is 29.4 Å². The van der Waals surface area contributed by atoms with E-state index < -0.39 is 52.5 Å². The molecule has 2 N–H and O–H groups in total. The number of hydrogen-bond donors (Lipinski definition) is 2. The zero-order valence-corrected chi connectivity index (χ0v) is 13.6. The van der Waals surface area contributed by atoms with Crippen LogP contribution in [0.3, 0.4) is 0 Å². The summed E-state index contributed by atoms with van der Waals surface area (Å²) in [5, 5.41) is 9.14. The lowest BCUT2D eigenvalue weighted by atomic mass is 9.79. The number of aromatic amines is 1. The Kier molecular flexibility index (Phi) is 4.18. The molecule has 4 nitrogen and oxygen atoms in total. The molecule has 0 saturated carbocycles. The summed E-state index contributed by atoms with van der Waals surface area (Å²) in [6.45, 7) is 0. The average Bonchev–Trinajstić information content (AvgIpc) is 2.95. The Morgan fingerprint density at radius 3 is 2.46 bits per heavy atom. The molecule has 1 atom stereocenters. The van der Waals surface area contributed by atoms with Gasteiger partial charge in [-0.3, -0.25) is 4.79 Å². The Morgan fingerprint density at radius 1 is 1.23 bits per heavy atom. The maximum Gasteiger partial charge on any atom is 0.419 e. The van der Waals surface area contributed by atoms with E-state index in [1.54, 1.807) is 6.07 Å². The minimum absolute atomic E-state index is 0.0796. The number of allylic oxidation sites excluding steroid dienone is 1. The molecule has 1 aromatic carbocycles. The average molecular weight is 388 g/mol. The zero-order valence-electron chi connectivity index (χ0n) is 12.8. The van der Waals surface area contributed by atoms with Crippen molar-refractivity contribution in [2.24, 2.45) is 0 Å². The number of halogens is 5. The van der Waals surface area contributed by atoms with E-state index in [4.69, 9.17) is 16.7 Å². The fourth-order valence-corrected chi connectivity index (χ4v) is 3.20. The van der Waals surface area contributed by atoms with E-state index in [1.165, 1.54) is 18.2 Å². The number of aromatic carboxylic acids is 1. The Morgan fingerprint density at radius 2 is 1.88 bits per heavy atom. The molecule has 0 amide bonds. The summed E-state index contributed by atoms with van der Waals surface area (Å²) >= 11 is 5.95. The smallest absolute Gasteiger partial charge is 0.419 e. The monoisotopic (exact) mass is 387 g/mol. The van der Waals surface area contributed by atoms with Gasteiger partial charge >= 0.3 is 12.1 Å². The molecular formula is C17H10ClF4NO3. The van der Waals surface area contributed by atoms with E-state index >= 15 is 4.39 Å². The third kappa shape index (κ3) is 2.80. The van der Waals surface area contributed by atoms with Crippen molar-refractivity contribution in [3.63, 3.8) is 0 Å². The van der Waals surface area contributed by atoms with E-state index in [0.29, 0.717) is 0 Å². The van der Waals surface area contributed by atoms with Crippen molar-refractivity contribution in [3.05, 3.63) is 63.4 Å². The van der Waals surface area contributed by atoms with Crippen molar-refractivity contribution in [1.82, 2.24) is 4.98 Å². The number of carbonyl (C=O) groups is 2. The largest absolute Gasteiger partial charge is 0.477 e. The van der Waals surface area contributed by atoms with E-state index in [0.717, 1.165) is 12.2 Å². The van der Waals surface area contributed by atoms with Crippen molar-refractivity contribution in [1.29, 1.82) is 0 Å². The molecule has 1 unspecified atom stereocenters. The second-order valence-corrected chi connectivity index (χ2v) is 6.14. The zero-order chi connectivity index (χ0) is 19.3. The molecule has 1 aromatic heterocycles. The first kappa shape index (κ1) is 18.2. The minimum Gasteiger partial charge on any atom is -0.477 e. The Hall–Kier alpha value is -2.61. The number of H-pyrrole nitrogens is 1. The lowest BCUT2D eigenvalue weighted by Crippen LogP contribution is -2.36. The molecular weight excluding hydrogens is 378 g/mol. The van der Waals surface area contributed by atoms with Gasteiger partial charge in [0.2, 0.25) is 5.67 Å². The molecule has 0 radical (unpaired) electrons. The molecule has 0 spiro atoms. The van der Waals surface area contributed by atoms with Crippen LogP contribution in [0.5, 0.6) is 0 Å². The van der Waals surface area contributed by atoms with E-state index in [-0.39, 0.29) is 10.6 Å². The summed E-state index contributed by atoms with van der Waals surface area (Å²) in [6.07, 6.45) is -4.23. The number of carboxylic acids is 1. The van der Waals surface area contributed by atoms with Gasteiger partial charge in [-0.1, -0.05) is 29.8 Å². The minimum atomic E-state index is -5.18. The van der Waals surface area contributed by atoms with Gasteiger partial charge in [0, 0.05) is 22.7 Å². The summed E-state index contributed by atoms with van der Waals surface area (Å²) in [7, 11) is 0. The van der Waals surface area contributed by atoms with Crippen molar-refractivity contribution < 1.29 is 32.3 Å². The van der Waals surface area contributed by atoms with Crippen LogP contribution in [-0.4, -0.2) is 21.8 Å². The van der Waals surface area contributed by atoms with Gasteiger partial charge in [0.1, 0.15) is 5.69 Å². The van der Waals surface area contributed by atoms with Gasteiger partial charge in [0.25, 0.3) is 0 Å². The molecule has 136 valence electrons. The van der Waals surface area contributed by atoms with E-state index in [1.807, 2.05) is 0 Å². The maximum absolute atomic E-state index is 15.7. The normalized spacial score (nSPS) is 19.5. The highest BCUT2D eigenvalue weighted by Gasteiger charge is 2.52. The fraction of sp³-hybridized carbons (Fsp3) is 0.176. The summed E-state index contributed by atoms with van der Waals surface area (Å²) in [6, 6.07) is 5.84. The Bertz CT molecular complexity index is 948. The number of fused-ring (bicyclic) bond motifs is 1. The van der Waals surface area contributed by atoms with Crippen LogP contribution < -0.4 is 0 Å². The molecule has 0 saturated heterocycles. The molecule has 1 aliphatic rings. The van der Waals surface area contributed by atoms with Crippen LogP contribution in [-0.2, 0) is 23.1 Å². The molecule has 26 heavy (non-hydrogen) atoms. The highest BCUT2D eigenvalue weighted by molar-refractivity contribution is 6.31. The lowest BCUT2D eigenvalue weighted by Gasteiger charge is -2.28. The van der Waals surface area contributed by atoms with Crippen LogP contribution in [0, 0.1) is 0 Å². The topological polar surface area (TPSA) is 70.2 Å². The number of carboxylic acid groups (broad SMARTS) is 1. The highest BCUT2D eigenvalue weighted by Crippen LogP contribution is 2.47. The highest BCUT2D eigenvalue weighted by atomic mass is 35.5. The molecule has 1 heterocycles. The molecule has 0 bridgehead atoms. The van der Waals surface area contributed by atoms with Gasteiger partial charge in [-0.05, 0) is 23.8 Å². The van der Waals surface area contributed by atoms with Gasteiger partial charge in [-0.15, -0.1) is 0 Å². The number of alkyl halides is 4. The molecule has 2 aromatic rings. The first-order valence-electron chi connectivity index (χ1n) is 7.27. The Labute approximate surface area is 149 Å². The third-order valence-corrected chi connectivity index (χ3v) is 4.48. The standard InChI is InChI=1S/C17H10ClF4NO3/c18-9-4-2-1-3-8(9)7-16(19)11(24)6-5-10-12(16)13(17(20,21)22)14(23-10)15(25)26/h1-6,23H,7H2,(H,25,26). The first-order valence-corrected chi connectivity index (χ1v) is 7.65. The molecule has 3 rings (SSSR count). The van der Waals surface area contributed by atoms with Crippen LogP contribution in [0.2, 0.25) is 5.02 Å². The number of ketones is 1.